The molecule has 0 fully saturated rings. The molecule has 5 nitrogen and oxygen atoms in total. The van der Waals surface area contributed by atoms with Crippen molar-refractivity contribution in [2.45, 2.75) is 31.2 Å². The summed E-state index contributed by atoms with van der Waals surface area (Å²) in [4.78, 5) is 20.6. The highest BCUT2D eigenvalue weighted by molar-refractivity contribution is 8.00. The van der Waals surface area contributed by atoms with Gasteiger partial charge in [0.05, 0.1) is 6.10 Å². The monoisotopic (exact) mass is 221 g/mol. The molecule has 0 aliphatic heterocycles. The highest BCUT2D eigenvalue weighted by Crippen LogP contribution is 2.15. The van der Waals surface area contributed by atoms with Crippen molar-refractivity contribution in [2.24, 2.45) is 0 Å². The Balaban J connectivity index is 3.93. The lowest BCUT2D eigenvalue weighted by Crippen LogP contribution is -2.38. The molecule has 0 rings (SSSR count). The molecular formula is C8H15NO4S. The zero-order valence-electron chi connectivity index (χ0n) is 8.14. The van der Waals surface area contributed by atoms with E-state index < -0.39 is 18.1 Å². The van der Waals surface area contributed by atoms with Crippen LogP contribution in [0.15, 0.2) is 0 Å². The van der Waals surface area contributed by atoms with Crippen molar-refractivity contribution in [3.05, 3.63) is 0 Å². The molecule has 0 spiro atoms. The van der Waals surface area contributed by atoms with Crippen molar-refractivity contribution in [1.82, 2.24) is 5.32 Å². The van der Waals surface area contributed by atoms with Gasteiger partial charge >= 0.3 is 5.97 Å². The number of aliphatic hydroxyl groups excluding tert-OH is 1. The number of hydrogen-bond donors (Lipinski definition) is 3. The van der Waals surface area contributed by atoms with Crippen LogP contribution >= 0.6 is 11.8 Å². The molecule has 0 heterocycles. The Bertz CT molecular complexity index is 198. The summed E-state index contributed by atoms with van der Waals surface area (Å²) in [5, 5.41) is 19.9. The number of carboxylic acid groups (broad SMARTS) is 1. The van der Waals surface area contributed by atoms with E-state index in [0.29, 0.717) is 6.41 Å². The molecule has 0 aromatic heterocycles. The van der Waals surface area contributed by atoms with Crippen LogP contribution in [0, 0.1) is 0 Å². The van der Waals surface area contributed by atoms with Crippen molar-refractivity contribution in [3.8, 4) is 0 Å². The van der Waals surface area contributed by atoms with Gasteiger partial charge in [-0.3, -0.25) is 4.79 Å². The molecule has 0 aromatic rings. The molecular weight excluding hydrogens is 206 g/mol. The molecule has 3 N–H and O–H groups in total. The Morgan fingerprint density at radius 2 is 2.14 bits per heavy atom. The smallest absolute Gasteiger partial charge is 0.327 e. The Morgan fingerprint density at radius 3 is 2.50 bits per heavy atom. The van der Waals surface area contributed by atoms with Gasteiger partial charge in [-0.2, -0.15) is 11.8 Å². The third kappa shape index (κ3) is 5.08. The average Bonchev–Trinajstić information content (AvgIpc) is 2.10. The maximum absolute atomic E-state index is 10.6. The molecule has 3 atom stereocenters. The third-order valence-electron chi connectivity index (χ3n) is 1.77. The minimum Gasteiger partial charge on any atom is -0.480 e. The number of thioether (sulfide) groups is 1. The average molecular weight is 221 g/mol. The summed E-state index contributed by atoms with van der Waals surface area (Å²) in [7, 11) is 0. The highest BCUT2D eigenvalue weighted by atomic mass is 32.2. The lowest BCUT2D eigenvalue weighted by molar-refractivity contribution is -0.139. The number of aliphatic carboxylic acids is 1. The molecule has 0 bridgehead atoms. The van der Waals surface area contributed by atoms with Gasteiger partial charge in [-0.15, -0.1) is 0 Å². The first-order chi connectivity index (χ1) is 6.49. The molecule has 0 saturated heterocycles. The van der Waals surface area contributed by atoms with Crippen molar-refractivity contribution in [2.75, 3.05) is 5.75 Å². The van der Waals surface area contributed by atoms with E-state index in [1.165, 1.54) is 11.8 Å². The number of nitrogens with one attached hydrogen (secondary N) is 1. The van der Waals surface area contributed by atoms with Gasteiger partial charge in [-0.05, 0) is 6.92 Å². The Kier molecular flexibility index (Phi) is 6.31. The first kappa shape index (κ1) is 13.2. The topological polar surface area (TPSA) is 86.6 Å². The Hall–Kier alpha value is -0.750. The lowest BCUT2D eigenvalue weighted by Gasteiger charge is -2.16. The first-order valence-corrected chi connectivity index (χ1v) is 5.26. The van der Waals surface area contributed by atoms with Crippen LogP contribution in [0.5, 0.6) is 0 Å². The molecule has 0 radical (unpaired) electrons. The van der Waals surface area contributed by atoms with Crippen LogP contribution in [-0.4, -0.2) is 45.7 Å². The van der Waals surface area contributed by atoms with E-state index in [4.69, 9.17) is 10.2 Å². The van der Waals surface area contributed by atoms with Crippen LogP contribution in [0.2, 0.25) is 0 Å². The number of hydrogen-bond acceptors (Lipinski definition) is 4. The van der Waals surface area contributed by atoms with E-state index in [0.717, 1.165) is 0 Å². The fourth-order valence-electron chi connectivity index (χ4n) is 0.660. The largest absolute Gasteiger partial charge is 0.480 e. The third-order valence-corrected chi connectivity index (χ3v) is 3.22. The predicted molar refractivity (Wildman–Crippen MR) is 54.2 cm³/mol. The second kappa shape index (κ2) is 6.67. The summed E-state index contributed by atoms with van der Waals surface area (Å²) >= 11 is 1.31. The van der Waals surface area contributed by atoms with E-state index in [2.05, 4.69) is 5.32 Å². The number of amides is 1. The van der Waals surface area contributed by atoms with Crippen LogP contribution in [0.4, 0.5) is 0 Å². The normalized spacial score (nSPS) is 16.8. The zero-order chi connectivity index (χ0) is 11.1. The van der Waals surface area contributed by atoms with E-state index in [-0.39, 0.29) is 11.0 Å². The molecule has 0 aliphatic carbocycles. The zero-order valence-corrected chi connectivity index (χ0v) is 8.95. The summed E-state index contributed by atoms with van der Waals surface area (Å²) in [6.07, 6.45) is -0.127. The maximum Gasteiger partial charge on any atom is 0.327 e. The standard InChI is InChI=1S/C8H15NO4S/c1-5(11)6(2)14-3-7(8(12)13)9-4-10/h4-7,11H,3H2,1-2H3,(H,9,10)(H,12,13). The number of carboxylic acids is 1. The van der Waals surface area contributed by atoms with E-state index in [9.17, 15) is 9.59 Å². The SMILES string of the molecule is CC(O)C(C)SCC(NC=O)C(=O)O. The van der Waals surface area contributed by atoms with Crippen molar-refractivity contribution < 1.29 is 19.8 Å². The summed E-state index contributed by atoms with van der Waals surface area (Å²) in [6, 6.07) is -0.890. The summed E-state index contributed by atoms with van der Waals surface area (Å²) in [5.74, 6) is -0.817. The molecule has 1 amide bonds. The minimum atomic E-state index is -1.07. The molecule has 6 heteroatoms. The van der Waals surface area contributed by atoms with Crippen LogP contribution in [0.25, 0.3) is 0 Å². The molecule has 14 heavy (non-hydrogen) atoms. The summed E-state index contributed by atoms with van der Waals surface area (Å²) in [6.45, 7) is 3.44. The second-order valence-electron chi connectivity index (χ2n) is 2.95. The van der Waals surface area contributed by atoms with Crippen molar-refractivity contribution >= 4 is 24.1 Å². The van der Waals surface area contributed by atoms with Crippen LogP contribution in [0.1, 0.15) is 13.8 Å². The van der Waals surface area contributed by atoms with Gasteiger partial charge in [0.2, 0.25) is 6.41 Å². The fraction of sp³-hybridized carbons (Fsp3) is 0.750. The summed E-state index contributed by atoms with van der Waals surface area (Å²) < 4.78 is 0. The van der Waals surface area contributed by atoms with E-state index in [1.807, 2.05) is 0 Å². The first-order valence-electron chi connectivity index (χ1n) is 4.21. The molecule has 3 unspecified atom stereocenters. The lowest BCUT2D eigenvalue weighted by atomic mass is 10.3. The van der Waals surface area contributed by atoms with Gasteiger partial charge in [0, 0.05) is 11.0 Å². The van der Waals surface area contributed by atoms with Gasteiger partial charge in [-0.1, -0.05) is 6.92 Å². The maximum atomic E-state index is 10.6. The van der Waals surface area contributed by atoms with Gasteiger partial charge in [0.1, 0.15) is 6.04 Å². The van der Waals surface area contributed by atoms with E-state index >= 15 is 0 Å². The number of rotatable bonds is 7. The second-order valence-corrected chi connectivity index (χ2v) is 4.36. The van der Waals surface area contributed by atoms with Crippen LogP contribution in [-0.2, 0) is 9.59 Å². The quantitative estimate of drug-likeness (QED) is 0.513. The molecule has 0 aliphatic rings. The molecule has 82 valence electrons. The summed E-state index contributed by atoms with van der Waals surface area (Å²) in [5.41, 5.74) is 0. The Labute approximate surface area is 86.9 Å². The van der Waals surface area contributed by atoms with Gasteiger partial charge in [0.25, 0.3) is 0 Å². The number of carbonyl (C=O) groups excluding carboxylic acids is 1. The fourth-order valence-corrected chi connectivity index (χ4v) is 1.67. The Morgan fingerprint density at radius 1 is 1.57 bits per heavy atom. The predicted octanol–water partition coefficient (Wildman–Crippen LogP) is -0.312. The van der Waals surface area contributed by atoms with Crippen molar-refractivity contribution in [3.63, 3.8) is 0 Å². The van der Waals surface area contributed by atoms with Crippen LogP contribution < -0.4 is 5.32 Å². The minimum absolute atomic E-state index is 0.0506. The molecule has 0 aromatic carbocycles. The van der Waals surface area contributed by atoms with Gasteiger partial charge in [-0.25, -0.2) is 4.79 Å². The highest BCUT2D eigenvalue weighted by Gasteiger charge is 2.19. The number of aliphatic hydroxyl groups is 1. The number of carbonyl (C=O) groups is 2. The van der Waals surface area contributed by atoms with E-state index in [1.54, 1.807) is 13.8 Å². The molecule has 0 saturated carbocycles. The van der Waals surface area contributed by atoms with Crippen LogP contribution in [0.3, 0.4) is 0 Å². The van der Waals surface area contributed by atoms with Crippen molar-refractivity contribution in [1.29, 1.82) is 0 Å². The van der Waals surface area contributed by atoms with Gasteiger partial charge < -0.3 is 15.5 Å². The van der Waals surface area contributed by atoms with Gasteiger partial charge in [0.15, 0.2) is 0 Å².